The fraction of sp³-hybridized carbons (Fsp3) is 0.391. The van der Waals surface area contributed by atoms with Gasteiger partial charge in [-0.3, -0.25) is 13.9 Å². The molecule has 1 atom stereocenters. The number of anilines is 1. The third-order valence-corrected chi connectivity index (χ3v) is 6.82. The first-order valence-electron chi connectivity index (χ1n) is 10.4. The number of nitrogens with one attached hydrogen (secondary N) is 1. The summed E-state index contributed by atoms with van der Waals surface area (Å²) in [6.45, 7) is 6.71. The van der Waals surface area contributed by atoms with Gasteiger partial charge in [0.05, 0.1) is 22.0 Å². The van der Waals surface area contributed by atoms with Crippen LogP contribution in [0.3, 0.4) is 0 Å². The largest absolute Gasteiger partial charge is 0.352 e. The number of benzene rings is 2. The zero-order valence-electron chi connectivity index (χ0n) is 19.3. The van der Waals surface area contributed by atoms with Gasteiger partial charge in [0.1, 0.15) is 12.6 Å². The molecule has 0 heterocycles. The van der Waals surface area contributed by atoms with Gasteiger partial charge in [-0.05, 0) is 57.5 Å². The Kier molecular flexibility index (Phi) is 9.17. The van der Waals surface area contributed by atoms with Crippen LogP contribution in [0.25, 0.3) is 0 Å². The summed E-state index contributed by atoms with van der Waals surface area (Å²) in [5, 5.41) is 3.48. The van der Waals surface area contributed by atoms with Crippen molar-refractivity contribution in [3.05, 3.63) is 63.6 Å². The number of halogens is 2. The van der Waals surface area contributed by atoms with E-state index in [2.05, 4.69) is 5.32 Å². The second-order valence-corrected chi connectivity index (χ2v) is 10.9. The van der Waals surface area contributed by atoms with Crippen molar-refractivity contribution in [3.63, 3.8) is 0 Å². The maximum absolute atomic E-state index is 13.4. The summed E-state index contributed by atoms with van der Waals surface area (Å²) < 4.78 is 26.0. The lowest BCUT2D eigenvalue weighted by Crippen LogP contribution is -2.52. The van der Waals surface area contributed by atoms with E-state index >= 15 is 0 Å². The Balaban J connectivity index is 2.40. The van der Waals surface area contributed by atoms with E-state index in [-0.39, 0.29) is 18.5 Å². The van der Waals surface area contributed by atoms with E-state index in [4.69, 9.17) is 23.2 Å². The molecule has 0 aliphatic carbocycles. The second-order valence-electron chi connectivity index (χ2n) is 8.21. The van der Waals surface area contributed by atoms with Crippen molar-refractivity contribution >= 4 is 50.7 Å². The Morgan fingerprint density at radius 1 is 1.00 bits per heavy atom. The highest BCUT2D eigenvalue weighted by Crippen LogP contribution is 2.24. The fourth-order valence-electron chi connectivity index (χ4n) is 3.15. The minimum Gasteiger partial charge on any atom is -0.352 e. The molecule has 0 aromatic heterocycles. The SMILES string of the molecule is Cc1ccc(N(CC(=O)N(Cc2ccc(Cl)c(Cl)c2)[C@@H](C)C(=O)NC(C)C)S(C)(=O)=O)cc1. The van der Waals surface area contributed by atoms with Crippen LogP contribution in [0.15, 0.2) is 42.5 Å². The van der Waals surface area contributed by atoms with Gasteiger partial charge in [-0.1, -0.05) is 47.0 Å². The normalized spacial score (nSPS) is 12.4. The topological polar surface area (TPSA) is 86.8 Å². The first kappa shape index (κ1) is 27.0. The van der Waals surface area contributed by atoms with Crippen molar-refractivity contribution in [3.8, 4) is 0 Å². The maximum atomic E-state index is 13.4. The standard InChI is InChI=1S/C23H29Cl2N3O4S/c1-15(2)26-23(30)17(4)27(13-18-8-11-20(24)21(25)12-18)22(29)14-28(33(5,31)32)19-9-6-16(3)7-10-19/h6-12,15,17H,13-14H2,1-5H3,(H,26,30)/t17-/m0/s1. The molecule has 0 bridgehead atoms. The number of carbonyl (C=O) groups excluding carboxylic acids is 2. The van der Waals surface area contributed by atoms with Gasteiger partial charge < -0.3 is 10.2 Å². The van der Waals surface area contributed by atoms with Crippen molar-refractivity contribution in [2.75, 3.05) is 17.1 Å². The van der Waals surface area contributed by atoms with Gasteiger partial charge >= 0.3 is 0 Å². The summed E-state index contributed by atoms with van der Waals surface area (Å²) in [5.41, 5.74) is 1.98. The first-order chi connectivity index (χ1) is 15.3. The van der Waals surface area contributed by atoms with Crippen LogP contribution in [-0.2, 0) is 26.2 Å². The van der Waals surface area contributed by atoms with Crippen LogP contribution in [0.5, 0.6) is 0 Å². The van der Waals surface area contributed by atoms with Gasteiger partial charge in [-0.15, -0.1) is 0 Å². The number of aryl methyl sites for hydroxylation is 1. The summed E-state index contributed by atoms with van der Waals surface area (Å²) in [7, 11) is -3.76. The van der Waals surface area contributed by atoms with E-state index in [9.17, 15) is 18.0 Å². The van der Waals surface area contributed by atoms with E-state index in [1.165, 1.54) is 4.90 Å². The van der Waals surface area contributed by atoms with E-state index in [1.807, 2.05) is 20.8 Å². The molecule has 2 aromatic carbocycles. The summed E-state index contributed by atoms with van der Waals surface area (Å²) in [4.78, 5) is 27.5. The number of amides is 2. The van der Waals surface area contributed by atoms with Crippen LogP contribution in [0.4, 0.5) is 5.69 Å². The monoisotopic (exact) mass is 513 g/mol. The molecule has 0 aliphatic heterocycles. The average Bonchev–Trinajstić information content (AvgIpc) is 2.71. The highest BCUT2D eigenvalue weighted by atomic mass is 35.5. The summed E-state index contributed by atoms with van der Waals surface area (Å²) in [5.74, 6) is -0.877. The lowest BCUT2D eigenvalue weighted by molar-refractivity contribution is -0.139. The highest BCUT2D eigenvalue weighted by molar-refractivity contribution is 7.92. The van der Waals surface area contributed by atoms with Crippen molar-refractivity contribution in [1.29, 1.82) is 0 Å². The Bertz CT molecular complexity index is 1110. The number of hydrogen-bond acceptors (Lipinski definition) is 4. The molecule has 0 fully saturated rings. The molecule has 0 saturated heterocycles. The quantitative estimate of drug-likeness (QED) is 0.548. The summed E-state index contributed by atoms with van der Waals surface area (Å²) >= 11 is 12.1. The van der Waals surface area contributed by atoms with Crippen molar-refractivity contribution < 1.29 is 18.0 Å². The number of carbonyl (C=O) groups is 2. The molecule has 10 heteroatoms. The van der Waals surface area contributed by atoms with Gasteiger partial charge in [0, 0.05) is 12.6 Å². The van der Waals surface area contributed by atoms with Crippen molar-refractivity contribution in [2.24, 2.45) is 0 Å². The molecular formula is C23H29Cl2N3O4S. The Morgan fingerprint density at radius 2 is 1.61 bits per heavy atom. The zero-order valence-corrected chi connectivity index (χ0v) is 21.6. The average molecular weight is 514 g/mol. The summed E-state index contributed by atoms with van der Waals surface area (Å²) in [6.07, 6.45) is 1.04. The second kappa shape index (κ2) is 11.2. The lowest BCUT2D eigenvalue weighted by atomic mass is 10.1. The molecule has 0 spiro atoms. The number of sulfonamides is 1. The van der Waals surface area contributed by atoms with Gasteiger partial charge in [0.15, 0.2) is 0 Å². The molecule has 0 unspecified atom stereocenters. The predicted octanol–water partition coefficient (Wildman–Crippen LogP) is 4.01. The summed E-state index contributed by atoms with van der Waals surface area (Å²) in [6, 6.07) is 10.8. The van der Waals surface area contributed by atoms with Crippen LogP contribution in [0, 0.1) is 6.92 Å². The van der Waals surface area contributed by atoms with Gasteiger partial charge in [-0.25, -0.2) is 8.42 Å². The van der Waals surface area contributed by atoms with E-state index in [1.54, 1.807) is 49.4 Å². The van der Waals surface area contributed by atoms with Gasteiger partial charge in [0.25, 0.3) is 0 Å². The lowest BCUT2D eigenvalue weighted by Gasteiger charge is -2.32. The number of nitrogens with zero attached hydrogens (tertiary/aromatic N) is 2. The third kappa shape index (κ3) is 7.62. The Labute approximate surface area is 205 Å². The van der Waals surface area contributed by atoms with Crippen LogP contribution in [-0.4, -0.2) is 50.0 Å². The van der Waals surface area contributed by atoms with E-state index in [0.29, 0.717) is 21.3 Å². The number of rotatable bonds is 9. The van der Waals surface area contributed by atoms with Crippen LogP contribution < -0.4 is 9.62 Å². The molecular weight excluding hydrogens is 485 g/mol. The molecule has 0 aliphatic rings. The smallest absolute Gasteiger partial charge is 0.244 e. The van der Waals surface area contributed by atoms with Gasteiger partial charge in [0.2, 0.25) is 21.8 Å². The van der Waals surface area contributed by atoms with Crippen LogP contribution in [0.1, 0.15) is 31.9 Å². The maximum Gasteiger partial charge on any atom is 0.244 e. The molecule has 2 amide bonds. The number of hydrogen-bond donors (Lipinski definition) is 1. The van der Waals surface area contributed by atoms with E-state index in [0.717, 1.165) is 16.1 Å². The minimum absolute atomic E-state index is 0.0495. The molecule has 0 radical (unpaired) electrons. The molecule has 180 valence electrons. The predicted molar refractivity (Wildman–Crippen MR) is 133 cm³/mol. The molecule has 2 aromatic rings. The van der Waals surface area contributed by atoms with Gasteiger partial charge in [-0.2, -0.15) is 0 Å². The Morgan fingerprint density at radius 3 is 2.12 bits per heavy atom. The highest BCUT2D eigenvalue weighted by Gasteiger charge is 2.30. The molecule has 7 nitrogen and oxygen atoms in total. The van der Waals surface area contributed by atoms with Crippen molar-refractivity contribution in [2.45, 2.75) is 46.3 Å². The van der Waals surface area contributed by atoms with Crippen LogP contribution in [0.2, 0.25) is 10.0 Å². The molecule has 0 saturated carbocycles. The van der Waals surface area contributed by atoms with E-state index < -0.39 is 28.5 Å². The first-order valence-corrected chi connectivity index (χ1v) is 13.0. The molecule has 2 rings (SSSR count). The minimum atomic E-state index is -3.76. The zero-order chi connectivity index (χ0) is 24.9. The van der Waals surface area contributed by atoms with Crippen LogP contribution >= 0.6 is 23.2 Å². The molecule has 1 N–H and O–H groups in total. The van der Waals surface area contributed by atoms with Crippen molar-refractivity contribution in [1.82, 2.24) is 10.2 Å². The Hall–Kier alpha value is -2.29. The molecule has 33 heavy (non-hydrogen) atoms. The third-order valence-electron chi connectivity index (χ3n) is 4.94. The fourth-order valence-corrected chi connectivity index (χ4v) is 4.32.